The van der Waals surface area contributed by atoms with Crippen molar-refractivity contribution in [3.63, 3.8) is 0 Å². The Morgan fingerprint density at radius 2 is 1.47 bits per heavy atom. The molecule has 1 aromatic rings. The number of hydrogen-bond donors (Lipinski definition) is 0. The number of Topliss-reactive ketones (excluding diaryl/α,β-unsaturated/α-hetero) is 2. The van der Waals surface area contributed by atoms with Crippen molar-refractivity contribution in [2.45, 2.75) is 32.5 Å². The van der Waals surface area contributed by atoms with Gasteiger partial charge in [0.1, 0.15) is 0 Å². The Labute approximate surface area is 111 Å². The lowest BCUT2D eigenvalue weighted by Gasteiger charge is -2.16. The van der Waals surface area contributed by atoms with E-state index in [1.165, 1.54) is 0 Å². The molecule has 0 saturated heterocycles. The summed E-state index contributed by atoms with van der Waals surface area (Å²) >= 11 is 3.24. The van der Waals surface area contributed by atoms with E-state index in [1.54, 1.807) is 31.2 Å². The monoisotopic (exact) mass is 296 g/mol. The summed E-state index contributed by atoms with van der Waals surface area (Å²) < 4.78 is 0. The summed E-state index contributed by atoms with van der Waals surface area (Å²) in [5, 5.41) is 0. The van der Waals surface area contributed by atoms with E-state index in [4.69, 9.17) is 0 Å². The molecular formula is C14H17BrO2. The minimum Gasteiger partial charge on any atom is -0.294 e. The summed E-state index contributed by atoms with van der Waals surface area (Å²) in [6, 6.07) is 6.85. The van der Waals surface area contributed by atoms with Crippen LogP contribution in [0.5, 0.6) is 0 Å². The van der Waals surface area contributed by atoms with Crippen LogP contribution in [-0.2, 0) is 0 Å². The van der Waals surface area contributed by atoms with Crippen LogP contribution in [0.25, 0.3) is 0 Å². The van der Waals surface area contributed by atoms with Gasteiger partial charge < -0.3 is 0 Å². The zero-order valence-electron chi connectivity index (χ0n) is 10.6. The molecular weight excluding hydrogens is 280 g/mol. The normalized spacial score (nSPS) is 13.2. The Hall–Kier alpha value is -0.960. The van der Waals surface area contributed by atoms with Gasteiger partial charge in [0, 0.05) is 16.5 Å². The summed E-state index contributed by atoms with van der Waals surface area (Å²) in [5.74, 6) is 0.114. The molecule has 0 aromatic heterocycles. The van der Waals surface area contributed by atoms with Gasteiger partial charge in [-0.15, -0.1) is 0 Å². The molecule has 0 radical (unpaired) electrons. The number of benzene rings is 1. The lowest BCUT2D eigenvalue weighted by Crippen LogP contribution is -2.20. The molecule has 0 spiro atoms. The smallest absolute Gasteiger partial charge is 0.176 e. The quantitative estimate of drug-likeness (QED) is 0.626. The van der Waals surface area contributed by atoms with Gasteiger partial charge in [-0.2, -0.15) is 0 Å². The zero-order chi connectivity index (χ0) is 13.2. The van der Waals surface area contributed by atoms with E-state index in [0.717, 1.165) is 0 Å². The van der Waals surface area contributed by atoms with Crippen LogP contribution in [0.3, 0.4) is 0 Å². The lowest BCUT2D eigenvalue weighted by atomic mass is 9.86. The van der Waals surface area contributed by atoms with Crippen molar-refractivity contribution in [1.29, 1.82) is 0 Å². The number of carbonyl (C=O) groups excluding carboxylic acids is 2. The second-order valence-corrected chi connectivity index (χ2v) is 6.51. The highest BCUT2D eigenvalue weighted by Gasteiger charge is 2.23. The molecule has 2 nitrogen and oxygen atoms in total. The van der Waals surface area contributed by atoms with Crippen LogP contribution in [0.2, 0.25) is 0 Å². The predicted molar refractivity (Wildman–Crippen MR) is 72.9 cm³/mol. The van der Waals surface area contributed by atoms with Crippen molar-refractivity contribution in [1.82, 2.24) is 0 Å². The van der Waals surface area contributed by atoms with E-state index < -0.39 is 5.41 Å². The average molecular weight is 297 g/mol. The Morgan fingerprint density at radius 3 is 1.82 bits per heavy atom. The highest BCUT2D eigenvalue weighted by Crippen LogP contribution is 2.21. The molecule has 1 rings (SSSR count). The molecule has 1 atom stereocenters. The molecule has 0 aliphatic heterocycles. The van der Waals surface area contributed by atoms with E-state index in [9.17, 15) is 9.59 Å². The van der Waals surface area contributed by atoms with Gasteiger partial charge in [0.2, 0.25) is 0 Å². The molecule has 92 valence electrons. The zero-order valence-corrected chi connectivity index (χ0v) is 12.2. The fourth-order valence-electron chi connectivity index (χ4n) is 1.45. The van der Waals surface area contributed by atoms with Gasteiger partial charge in [0.25, 0.3) is 0 Å². The molecule has 17 heavy (non-hydrogen) atoms. The van der Waals surface area contributed by atoms with Crippen molar-refractivity contribution < 1.29 is 9.59 Å². The minimum absolute atomic E-state index is 0.0276. The van der Waals surface area contributed by atoms with E-state index in [0.29, 0.717) is 11.1 Å². The third-order valence-electron chi connectivity index (χ3n) is 2.47. The standard InChI is InChI=1S/C14H17BrO2/c1-9(15)12(16)10-5-7-11(8-6-10)13(17)14(2,3)4/h5-9H,1-4H3. The van der Waals surface area contributed by atoms with Crippen LogP contribution >= 0.6 is 15.9 Å². The molecule has 1 unspecified atom stereocenters. The van der Waals surface area contributed by atoms with Gasteiger partial charge in [0.15, 0.2) is 11.6 Å². The first-order valence-electron chi connectivity index (χ1n) is 5.56. The van der Waals surface area contributed by atoms with Crippen LogP contribution in [-0.4, -0.2) is 16.4 Å². The Kier molecular flexibility index (Phi) is 4.26. The molecule has 0 heterocycles. The number of halogens is 1. The van der Waals surface area contributed by atoms with Crippen molar-refractivity contribution >= 4 is 27.5 Å². The van der Waals surface area contributed by atoms with Gasteiger partial charge in [-0.3, -0.25) is 9.59 Å². The van der Waals surface area contributed by atoms with Gasteiger partial charge in [-0.25, -0.2) is 0 Å². The fraction of sp³-hybridized carbons (Fsp3) is 0.429. The average Bonchev–Trinajstić information content (AvgIpc) is 2.26. The number of carbonyl (C=O) groups is 2. The summed E-state index contributed by atoms with van der Waals surface area (Å²) in [6.07, 6.45) is 0. The molecule has 0 amide bonds. The molecule has 1 aromatic carbocycles. The lowest BCUT2D eigenvalue weighted by molar-refractivity contribution is 0.0857. The Balaban J connectivity index is 2.97. The van der Waals surface area contributed by atoms with Crippen LogP contribution in [0.4, 0.5) is 0 Å². The van der Waals surface area contributed by atoms with Crippen LogP contribution in [0, 0.1) is 5.41 Å². The number of alkyl halides is 1. The predicted octanol–water partition coefficient (Wildman–Crippen LogP) is 3.88. The molecule has 0 aliphatic carbocycles. The topological polar surface area (TPSA) is 34.1 Å². The molecule has 0 aliphatic rings. The van der Waals surface area contributed by atoms with Crippen LogP contribution in [0.1, 0.15) is 48.4 Å². The fourth-order valence-corrected chi connectivity index (χ4v) is 1.71. The highest BCUT2D eigenvalue weighted by atomic mass is 79.9. The van der Waals surface area contributed by atoms with Crippen molar-refractivity contribution in [3.8, 4) is 0 Å². The highest BCUT2D eigenvalue weighted by molar-refractivity contribution is 9.10. The summed E-state index contributed by atoms with van der Waals surface area (Å²) in [5.41, 5.74) is 0.880. The van der Waals surface area contributed by atoms with E-state index >= 15 is 0 Å². The first-order valence-corrected chi connectivity index (χ1v) is 6.48. The van der Waals surface area contributed by atoms with E-state index in [1.807, 2.05) is 20.8 Å². The molecule has 0 bridgehead atoms. The van der Waals surface area contributed by atoms with Crippen molar-refractivity contribution in [2.24, 2.45) is 5.41 Å². The Morgan fingerprint density at radius 1 is 1.06 bits per heavy atom. The molecule has 0 saturated carbocycles. The first kappa shape index (κ1) is 14.1. The van der Waals surface area contributed by atoms with E-state index in [2.05, 4.69) is 15.9 Å². The second-order valence-electron chi connectivity index (χ2n) is 5.14. The molecule has 0 fully saturated rings. The Bertz CT molecular complexity index is 425. The van der Waals surface area contributed by atoms with Gasteiger partial charge in [0.05, 0.1) is 4.83 Å². The largest absolute Gasteiger partial charge is 0.294 e. The van der Waals surface area contributed by atoms with Crippen LogP contribution < -0.4 is 0 Å². The summed E-state index contributed by atoms with van der Waals surface area (Å²) in [7, 11) is 0. The number of hydrogen-bond acceptors (Lipinski definition) is 2. The summed E-state index contributed by atoms with van der Waals surface area (Å²) in [6.45, 7) is 7.44. The third-order valence-corrected chi connectivity index (χ3v) is 2.89. The maximum atomic E-state index is 12.0. The molecule has 0 N–H and O–H groups in total. The van der Waals surface area contributed by atoms with Gasteiger partial charge >= 0.3 is 0 Å². The molecule has 3 heteroatoms. The maximum Gasteiger partial charge on any atom is 0.176 e. The van der Waals surface area contributed by atoms with Crippen LogP contribution in [0.15, 0.2) is 24.3 Å². The van der Waals surface area contributed by atoms with Crippen molar-refractivity contribution in [2.75, 3.05) is 0 Å². The maximum absolute atomic E-state index is 12.0. The van der Waals surface area contributed by atoms with Gasteiger partial charge in [-0.05, 0) is 6.92 Å². The van der Waals surface area contributed by atoms with Gasteiger partial charge in [-0.1, -0.05) is 61.0 Å². The van der Waals surface area contributed by atoms with Crippen molar-refractivity contribution in [3.05, 3.63) is 35.4 Å². The third kappa shape index (κ3) is 3.50. The minimum atomic E-state index is -0.395. The van der Waals surface area contributed by atoms with E-state index in [-0.39, 0.29) is 16.4 Å². The number of rotatable bonds is 3. The first-order chi connectivity index (χ1) is 7.73. The second kappa shape index (κ2) is 5.13. The SMILES string of the molecule is CC(Br)C(=O)c1ccc(C(=O)C(C)(C)C)cc1. The summed E-state index contributed by atoms with van der Waals surface area (Å²) in [4.78, 5) is 23.5. The number of ketones is 2.